The van der Waals surface area contributed by atoms with Crippen LogP contribution in [0.1, 0.15) is 35.9 Å². The molecule has 9 rings (SSSR count). The Labute approximate surface area is 293 Å². The largest absolute Gasteiger partial charge is 0.310 e. The van der Waals surface area contributed by atoms with Crippen molar-refractivity contribution in [3.05, 3.63) is 187 Å². The molecule has 0 saturated carbocycles. The van der Waals surface area contributed by atoms with Crippen LogP contribution in [0.25, 0.3) is 54.9 Å². The van der Waals surface area contributed by atoms with E-state index in [1.165, 1.54) is 4.90 Å². The lowest BCUT2D eigenvalue weighted by atomic mass is 9.82. The van der Waals surface area contributed by atoms with E-state index >= 15 is 0 Å². The Bertz CT molecular complexity index is 2910. The summed E-state index contributed by atoms with van der Waals surface area (Å²) >= 11 is 0. The number of hydrogen-bond donors (Lipinski definition) is 0. The van der Waals surface area contributed by atoms with E-state index < -0.39 is 17.5 Å². The van der Waals surface area contributed by atoms with E-state index in [2.05, 4.69) is 26.0 Å². The number of anilines is 3. The predicted molar refractivity (Wildman–Crippen MR) is 205 cm³/mol. The molecule has 1 nitrogen and oxygen atoms in total. The van der Waals surface area contributed by atoms with Crippen LogP contribution < -0.4 is 4.90 Å². The third-order valence-electron chi connectivity index (χ3n) is 9.61. The Hall–Kier alpha value is -5.92. The summed E-state index contributed by atoms with van der Waals surface area (Å²) in [5.74, 6) is 0. The first-order valence-corrected chi connectivity index (χ1v) is 16.1. The lowest BCUT2D eigenvalue weighted by Gasteiger charge is -2.28. The zero-order valence-corrected chi connectivity index (χ0v) is 26.6. The van der Waals surface area contributed by atoms with Crippen LogP contribution in [-0.2, 0) is 5.41 Å². The molecule has 0 bridgehead atoms. The summed E-state index contributed by atoms with van der Waals surface area (Å²) in [6.45, 7) is 4.25. The summed E-state index contributed by atoms with van der Waals surface area (Å²) < 4.78 is 75.6. The third kappa shape index (κ3) is 4.54. The molecule has 48 heavy (non-hydrogen) atoms. The molecule has 228 valence electrons. The van der Waals surface area contributed by atoms with Crippen molar-refractivity contribution in [1.82, 2.24) is 0 Å². The Balaban J connectivity index is 1.37. The summed E-state index contributed by atoms with van der Waals surface area (Å²) in [4.78, 5) is 1.45. The van der Waals surface area contributed by atoms with Crippen LogP contribution in [0.4, 0.5) is 17.1 Å². The van der Waals surface area contributed by atoms with Gasteiger partial charge in [-0.3, -0.25) is 0 Å². The van der Waals surface area contributed by atoms with Crippen molar-refractivity contribution in [2.24, 2.45) is 0 Å². The molecule has 1 aliphatic rings. The lowest BCUT2D eigenvalue weighted by molar-refractivity contribution is 0.660. The van der Waals surface area contributed by atoms with Gasteiger partial charge in [0.1, 0.15) is 0 Å². The van der Waals surface area contributed by atoms with Crippen LogP contribution in [0.3, 0.4) is 0 Å². The highest BCUT2D eigenvalue weighted by Gasteiger charge is 2.35. The number of rotatable bonds is 5. The molecule has 0 N–H and O–H groups in total. The maximum atomic E-state index is 9.84. The SMILES string of the molecule is [2H]c1c([2H])c(-c2cccc3ccccc23)c([2H])c(N(c2ccc3c(c2)C(C)(C)c2ccccc2-3)c2c([2H])c([2H])c(-c3cccc4ccccc34)c([2H])c2[2H])c1[2H]. The van der Waals surface area contributed by atoms with Gasteiger partial charge in [-0.25, -0.2) is 0 Å². The van der Waals surface area contributed by atoms with Crippen molar-refractivity contribution in [2.45, 2.75) is 19.3 Å². The average molecular weight is 622 g/mol. The first-order chi connectivity index (χ1) is 26.9. The van der Waals surface area contributed by atoms with Crippen LogP contribution >= 0.6 is 0 Å². The molecule has 0 atom stereocenters. The smallest absolute Gasteiger partial charge is 0.0651 e. The Morgan fingerprint density at radius 3 is 1.77 bits per heavy atom. The molecule has 1 aliphatic carbocycles. The van der Waals surface area contributed by atoms with E-state index in [0.717, 1.165) is 43.8 Å². The second kappa shape index (κ2) is 11.1. The van der Waals surface area contributed by atoms with Gasteiger partial charge in [-0.05, 0) is 102 Å². The predicted octanol–water partition coefficient (Wildman–Crippen LogP) is 13.1. The van der Waals surface area contributed by atoms with Gasteiger partial charge in [0, 0.05) is 22.5 Å². The van der Waals surface area contributed by atoms with E-state index in [-0.39, 0.29) is 58.8 Å². The number of benzene rings is 8. The zero-order chi connectivity index (χ0) is 39.2. The standard InChI is InChI=1S/C47H35N/c1-47(2)45-23-8-7-20-43(45)44-29-28-38(31-46(44)47)48(36-26-24-34(25-27-36)41-21-10-14-32-12-3-5-18-39(32)41)37-17-9-16-35(30-37)42-22-11-15-33-13-4-6-19-40(33)42/h3-31H,1-2H3/i9D,16D,17D,24D,25D,26D,27D,30D. The van der Waals surface area contributed by atoms with Crippen LogP contribution in [0, 0.1) is 0 Å². The molecular formula is C47H35N. The van der Waals surface area contributed by atoms with Crippen molar-refractivity contribution >= 4 is 38.6 Å². The van der Waals surface area contributed by atoms with Crippen LogP contribution in [0.2, 0.25) is 0 Å². The molecule has 0 saturated heterocycles. The van der Waals surface area contributed by atoms with Gasteiger partial charge in [0.15, 0.2) is 0 Å². The first kappa shape index (κ1) is 21.1. The molecular weight excluding hydrogens is 579 g/mol. The summed E-state index contributed by atoms with van der Waals surface area (Å²) in [5.41, 5.74) is 5.27. The van der Waals surface area contributed by atoms with Gasteiger partial charge in [-0.2, -0.15) is 0 Å². The second-order valence-electron chi connectivity index (χ2n) is 12.7. The van der Waals surface area contributed by atoms with Gasteiger partial charge < -0.3 is 4.90 Å². The van der Waals surface area contributed by atoms with Gasteiger partial charge in [0.05, 0.1) is 11.0 Å². The number of hydrogen-bond acceptors (Lipinski definition) is 1. The molecule has 0 unspecified atom stereocenters. The second-order valence-corrected chi connectivity index (χ2v) is 12.7. The average Bonchev–Trinajstić information content (AvgIpc) is 3.44. The minimum Gasteiger partial charge on any atom is -0.310 e. The minimum absolute atomic E-state index is 0.110. The highest BCUT2D eigenvalue weighted by molar-refractivity contribution is 5.99. The first-order valence-electron chi connectivity index (χ1n) is 20.1. The zero-order valence-electron chi connectivity index (χ0n) is 34.6. The van der Waals surface area contributed by atoms with Crippen LogP contribution in [0.15, 0.2) is 176 Å². The van der Waals surface area contributed by atoms with Gasteiger partial charge in [-0.1, -0.05) is 153 Å². The lowest BCUT2D eigenvalue weighted by Crippen LogP contribution is -2.16. The summed E-state index contributed by atoms with van der Waals surface area (Å²) in [5, 5.41) is 3.33. The quantitative estimate of drug-likeness (QED) is 0.185. The molecule has 8 aromatic carbocycles. The van der Waals surface area contributed by atoms with E-state index in [9.17, 15) is 8.22 Å². The number of nitrogens with zero attached hydrogens (tertiary/aromatic N) is 1. The topological polar surface area (TPSA) is 3.24 Å². The van der Waals surface area contributed by atoms with Crippen molar-refractivity contribution in [2.75, 3.05) is 4.90 Å². The maximum Gasteiger partial charge on any atom is 0.0651 e. The third-order valence-corrected chi connectivity index (χ3v) is 9.61. The Morgan fingerprint density at radius 2 is 1.04 bits per heavy atom. The fraction of sp³-hybridized carbons (Fsp3) is 0.0638. The summed E-state index contributed by atoms with van der Waals surface area (Å²) in [6, 6.07) is 37.6. The Kier molecular flexibility index (Phi) is 4.87. The van der Waals surface area contributed by atoms with Gasteiger partial charge >= 0.3 is 0 Å². The molecule has 0 spiro atoms. The van der Waals surface area contributed by atoms with Crippen LogP contribution in [-0.4, -0.2) is 0 Å². The fourth-order valence-electron chi connectivity index (χ4n) is 7.22. The van der Waals surface area contributed by atoms with E-state index in [1.807, 2.05) is 103 Å². The monoisotopic (exact) mass is 621 g/mol. The normalized spacial score (nSPS) is 15.3. The molecule has 0 aliphatic heterocycles. The maximum absolute atomic E-state index is 9.84. The van der Waals surface area contributed by atoms with Crippen molar-refractivity contribution in [1.29, 1.82) is 0 Å². The van der Waals surface area contributed by atoms with Gasteiger partial charge in [-0.15, -0.1) is 0 Å². The molecule has 0 radical (unpaired) electrons. The highest BCUT2D eigenvalue weighted by atomic mass is 15.1. The molecule has 8 aromatic rings. The highest BCUT2D eigenvalue weighted by Crippen LogP contribution is 2.50. The van der Waals surface area contributed by atoms with E-state index in [1.54, 1.807) is 12.1 Å². The summed E-state index contributed by atoms with van der Waals surface area (Å²) in [6.07, 6.45) is 0. The van der Waals surface area contributed by atoms with E-state index in [0.29, 0.717) is 16.8 Å². The molecule has 1 heteroatoms. The van der Waals surface area contributed by atoms with Crippen molar-refractivity contribution < 1.29 is 11.0 Å². The molecule has 0 fully saturated rings. The Morgan fingerprint density at radius 1 is 0.458 bits per heavy atom. The number of fused-ring (bicyclic) bond motifs is 5. The van der Waals surface area contributed by atoms with Crippen molar-refractivity contribution in [3.63, 3.8) is 0 Å². The summed E-state index contributed by atoms with van der Waals surface area (Å²) in [7, 11) is 0. The van der Waals surface area contributed by atoms with Crippen molar-refractivity contribution in [3.8, 4) is 33.4 Å². The van der Waals surface area contributed by atoms with E-state index in [4.69, 9.17) is 2.74 Å². The minimum atomic E-state index is -0.450. The van der Waals surface area contributed by atoms with Crippen LogP contribution in [0.5, 0.6) is 0 Å². The molecule has 0 aromatic heterocycles. The molecule has 0 heterocycles. The van der Waals surface area contributed by atoms with Gasteiger partial charge in [0.2, 0.25) is 0 Å². The fourth-order valence-corrected chi connectivity index (χ4v) is 7.22. The molecule has 0 amide bonds. The van der Waals surface area contributed by atoms with Gasteiger partial charge in [0.25, 0.3) is 0 Å².